The van der Waals surface area contributed by atoms with Gasteiger partial charge in [0.15, 0.2) is 5.82 Å². The normalized spacial score (nSPS) is 10.5. The van der Waals surface area contributed by atoms with Gasteiger partial charge < -0.3 is 10.6 Å². The molecule has 122 valence electrons. The minimum atomic E-state index is 0.475. The van der Waals surface area contributed by atoms with Crippen molar-refractivity contribution < 1.29 is 0 Å². The Morgan fingerprint density at radius 3 is 2.33 bits per heavy atom. The standard InChI is InChI=1S/C19H21N5/c1-12-8-9-13(2)16(10-12)21-17-11-20-24-19(22-17)23-18-14(3)6-5-7-15(18)4/h5-11H,1-4H3,(H2,21,22,23,24). The van der Waals surface area contributed by atoms with Gasteiger partial charge >= 0.3 is 0 Å². The lowest BCUT2D eigenvalue weighted by atomic mass is 10.1. The van der Waals surface area contributed by atoms with Crippen molar-refractivity contribution in [3.63, 3.8) is 0 Å². The number of aryl methyl sites for hydroxylation is 4. The van der Waals surface area contributed by atoms with Gasteiger partial charge in [0, 0.05) is 11.4 Å². The molecular formula is C19H21N5. The summed E-state index contributed by atoms with van der Waals surface area (Å²) in [6, 6.07) is 12.4. The Balaban J connectivity index is 1.86. The molecule has 0 unspecified atom stereocenters. The molecule has 0 saturated heterocycles. The third kappa shape index (κ3) is 3.51. The maximum Gasteiger partial charge on any atom is 0.249 e. The van der Waals surface area contributed by atoms with Crippen molar-refractivity contribution in [1.82, 2.24) is 15.2 Å². The van der Waals surface area contributed by atoms with Crippen LogP contribution >= 0.6 is 0 Å². The Morgan fingerprint density at radius 2 is 1.58 bits per heavy atom. The second kappa shape index (κ2) is 6.66. The van der Waals surface area contributed by atoms with Gasteiger partial charge in [-0.15, -0.1) is 5.10 Å². The molecule has 2 aromatic carbocycles. The Hall–Kier alpha value is -2.95. The second-order valence-corrected chi connectivity index (χ2v) is 6.00. The van der Waals surface area contributed by atoms with Crippen molar-refractivity contribution in [3.05, 3.63) is 64.8 Å². The number of aromatic nitrogens is 3. The van der Waals surface area contributed by atoms with Crippen molar-refractivity contribution in [3.8, 4) is 0 Å². The van der Waals surface area contributed by atoms with Crippen molar-refractivity contribution in [1.29, 1.82) is 0 Å². The van der Waals surface area contributed by atoms with E-state index in [1.165, 1.54) is 5.56 Å². The summed E-state index contributed by atoms with van der Waals surface area (Å²) in [5, 5.41) is 14.7. The monoisotopic (exact) mass is 319 g/mol. The van der Waals surface area contributed by atoms with Crippen LogP contribution < -0.4 is 10.6 Å². The Bertz CT molecular complexity index is 853. The Labute approximate surface area is 142 Å². The molecule has 3 rings (SSSR count). The molecule has 0 saturated carbocycles. The predicted octanol–water partition coefficient (Wildman–Crippen LogP) is 4.59. The summed E-state index contributed by atoms with van der Waals surface area (Å²) in [4.78, 5) is 4.52. The molecule has 24 heavy (non-hydrogen) atoms. The van der Waals surface area contributed by atoms with Crippen LogP contribution in [-0.2, 0) is 0 Å². The lowest BCUT2D eigenvalue weighted by Crippen LogP contribution is -2.04. The summed E-state index contributed by atoms with van der Waals surface area (Å²) in [5.74, 6) is 1.13. The number of para-hydroxylation sites is 1. The number of benzene rings is 2. The summed E-state index contributed by atoms with van der Waals surface area (Å²) in [6.07, 6.45) is 1.62. The van der Waals surface area contributed by atoms with Gasteiger partial charge in [0.1, 0.15) is 0 Å². The second-order valence-electron chi connectivity index (χ2n) is 6.00. The van der Waals surface area contributed by atoms with Crippen molar-refractivity contribution in [2.24, 2.45) is 0 Å². The average molecular weight is 319 g/mol. The van der Waals surface area contributed by atoms with E-state index in [-0.39, 0.29) is 0 Å². The molecule has 0 aliphatic rings. The molecule has 0 amide bonds. The van der Waals surface area contributed by atoms with E-state index in [9.17, 15) is 0 Å². The molecular weight excluding hydrogens is 298 g/mol. The van der Waals surface area contributed by atoms with Crippen LogP contribution in [0.5, 0.6) is 0 Å². The maximum atomic E-state index is 4.52. The van der Waals surface area contributed by atoms with Crippen molar-refractivity contribution in [2.45, 2.75) is 27.7 Å². The fraction of sp³-hybridized carbons (Fsp3) is 0.211. The Morgan fingerprint density at radius 1 is 0.833 bits per heavy atom. The first-order valence-corrected chi connectivity index (χ1v) is 7.90. The molecule has 0 radical (unpaired) electrons. The largest absolute Gasteiger partial charge is 0.339 e. The van der Waals surface area contributed by atoms with Crippen molar-refractivity contribution >= 4 is 23.1 Å². The smallest absolute Gasteiger partial charge is 0.249 e. The SMILES string of the molecule is Cc1ccc(C)c(Nc2cnnc(Nc3c(C)cccc3C)n2)c1. The first-order valence-electron chi connectivity index (χ1n) is 7.90. The number of hydrogen-bond acceptors (Lipinski definition) is 5. The fourth-order valence-corrected chi connectivity index (χ4v) is 2.55. The van der Waals surface area contributed by atoms with Gasteiger partial charge in [-0.2, -0.15) is 10.1 Å². The maximum absolute atomic E-state index is 4.52. The topological polar surface area (TPSA) is 62.7 Å². The van der Waals surface area contributed by atoms with E-state index in [0.717, 1.165) is 28.1 Å². The number of nitrogens with zero attached hydrogens (tertiary/aromatic N) is 3. The highest BCUT2D eigenvalue weighted by Gasteiger charge is 2.07. The zero-order chi connectivity index (χ0) is 17.1. The third-order valence-electron chi connectivity index (χ3n) is 3.93. The van der Waals surface area contributed by atoms with E-state index < -0.39 is 0 Å². The fourth-order valence-electron chi connectivity index (χ4n) is 2.55. The molecule has 0 aliphatic heterocycles. The third-order valence-corrected chi connectivity index (χ3v) is 3.93. The van der Waals surface area contributed by atoms with Gasteiger partial charge in [-0.3, -0.25) is 0 Å². The molecule has 1 aromatic heterocycles. The van der Waals surface area contributed by atoms with Crippen LogP contribution in [0.3, 0.4) is 0 Å². The van der Waals surface area contributed by atoms with Crippen LogP contribution in [0.4, 0.5) is 23.1 Å². The minimum Gasteiger partial charge on any atom is -0.339 e. The van der Waals surface area contributed by atoms with Crippen LogP contribution in [0.1, 0.15) is 22.3 Å². The van der Waals surface area contributed by atoms with E-state index in [1.54, 1.807) is 6.20 Å². The molecule has 0 spiro atoms. The van der Waals surface area contributed by atoms with Gasteiger partial charge in [0.05, 0.1) is 6.20 Å². The molecule has 0 aliphatic carbocycles. The molecule has 0 atom stereocenters. The van der Waals surface area contributed by atoms with E-state index in [2.05, 4.69) is 83.8 Å². The molecule has 0 bridgehead atoms. The zero-order valence-electron chi connectivity index (χ0n) is 14.4. The van der Waals surface area contributed by atoms with Gasteiger partial charge in [0.25, 0.3) is 0 Å². The van der Waals surface area contributed by atoms with Crippen LogP contribution in [0.25, 0.3) is 0 Å². The molecule has 2 N–H and O–H groups in total. The summed E-state index contributed by atoms with van der Waals surface area (Å²) in [5.41, 5.74) is 6.68. The highest BCUT2D eigenvalue weighted by atomic mass is 15.3. The highest BCUT2D eigenvalue weighted by molar-refractivity contribution is 5.65. The first kappa shape index (κ1) is 15.9. The van der Waals surface area contributed by atoms with Crippen molar-refractivity contribution in [2.75, 3.05) is 10.6 Å². The lowest BCUT2D eigenvalue weighted by Gasteiger charge is -2.12. The summed E-state index contributed by atoms with van der Waals surface area (Å²) in [6.45, 7) is 8.24. The highest BCUT2D eigenvalue weighted by Crippen LogP contribution is 2.24. The summed E-state index contributed by atoms with van der Waals surface area (Å²) < 4.78 is 0. The number of hydrogen-bond donors (Lipinski definition) is 2. The quantitative estimate of drug-likeness (QED) is 0.736. The predicted molar refractivity (Wildman–Crippen MR) is 98.2 cm³/mol. The molecule has 0 fully saturated rings. The molecule has 1 heterocycles. The van der Waals surface area contributed by atoms with Crippen LogP contribution in [0.15, 0.2) is 42.6 Å². The molecule has 5 heteroatoms. The average Bonchev–Trinajstić information content (AvgIpc) is 2.55. The summed E-state index contributed by atoms with van der Waals surface area (Å²) >= 11 is 0. The van der Waals surface area contributed by atoms with E-state index in [0.29, 0.717) is 11.8 Å². The lowest BCUT2D eigenvalue weighted by molar-refractivity contribution is 0.980. The number of rotatable bonds is 4. The Kier molecular flexibility index (Phi) is 4.42. The van der Waals surface area contributed by atoms with Crippen LogP contribution in [0, 0.1) is 27.7 Å². The van der Waals surface area contributed by atoms with Crippen LogP contribution in [-0.4, -0.2) is 15.2 Å². The zero-order valence-corrected chi connectivity index (χ0v) is 14.4. The van der Waals surface area contributed by atoms with E-state index >= 15 is 0 Å². The van der Waals surface area contributed by atoms with E-state index in [1.807, 2.05) is 6.07 Å². The number of anilines is 4. The van der Waals surface area contributed by atoms with E-state index in [4.69, 9.17) is 0 Å². The minimum absolute atomic E-state index is 0.475. The summed E-state index contributed by atoms with van der Waals surface area (Å²) in [7, 11) is 0. The van der Waals surface area contributed by atoms with Gasteiger partial charge in [0.2, 0.25) is 5.95 Å². The molecule has 5 nitrogen and oxygen atoms in total. The molecule has 3 aromatic rings. The first-order chi connectivity index (χ1) is 11.5. The van der Waals surface area contributed by atoms with Gasteiger partial charge in [-0.05, 0) is 56.0 Å². The number of nitrogens with one attached hydrogen (secondary N) is 2. The van der Waals surface area contributed by atoms with Gasteiger partial charge in [-0.25, -0.2) is 0 Å². The van der Waals surface area contributed by atoms with Crippen LogP contribution in [0.2, 0.25) is 0 Å². The van der Waals surface area contributed by atoms with Gasteiger partial charge in [-0.1, -0.05) is 30.3 Å².